The number of aliphatic hydroxyl groups excluding tert-OH is 1. The number of hydrogen-bond donors (Lipinski definition) is 1. The van der Waals surface area contributed by atoms with Crippen LogP contribution in [0.15, 0.2) is 128 Å². The summed E-state index contributed by atoms with van der Waals surface area (Å²) >= 11 is 0. The second-order valence-electron chi connectivity index (χ2n) is 17.3. The molecule has 3 amide bonds. The number of fused-ring (bicyclic) bond motifs is 4. The number of halogens is 1. The number of nitrogens with zero attached hydrogens (tertiary/aromatic N) is 6. The van der Waals surface area contributed by atoms with Crippen molar-refractivity contribution < 1.29 is 37.8 Å². The van der Waals surface area contributed by atoms with Crippen molar-refractivity contribution in [3.05, 3.63) is 150 Å². The standard InChI is InChI=1S/C49H47FN6O7Si/c1-31-47(64(2,3)50)44(23-24-53-27-38(51-52-53)36(28-57)33-11-5-4-6-12-33)63-49(31)37-25-35(56-41-14-8-10-16-43(41)62-30-46(56)59)21-22-39(37)54(48(49)60)26-32-17-19-34(20-18-32)55-40-13-7-9-15-42(40)61-29-45(55)58/h4-22,25,27,31,36,44,47,57H,23-24,26,28-30H2,1-3H3/t31-,36?,44+,47-,49+/m1/s1. The van der Waals surface area contributed by atoms with E-state index in [2.05, 4.69) is 10.3 Å². The smallest absolute Gasteiger partial charge is 0.269 e. The largest absolute Gasteiger partial charge is 0.482 e. The molecule has 326 valence electrons. The summed E-state index contributed by atoms with van der Waals surface area (Å²) in [4.78, 5) is 47.1. The number of hydrogen-bond acceptors (Lipinski definition) is 9. The number of para-hydroxylation sites is 4. The first kappa shape index (κ1) is 41.3. The summed E-state index contributed by atoms with van der Waals surface area (Å²) < 4.78 is 37.2. The summed E-state index contributed by atoms with van der Waals surface area (Å²) in [5.74, 6) is -0.572. The minimum Gasteiger partial charge on any atom is -0.482 e. The molecule has 0 aliphatic carbocycles. The average molecular weight is 879 g/mol. The van der Waals surface area contributed by atoms with E-state index >= 15 is 8.90 Å². The van der Waals surface area contributed by atoms with Gasteiger partial charge in [0.25, 0.3) is 17.7 Å². The molecule has 0 bridgehead atoms. The molecule has 0 saturated carbocycles. The zero-order valence-corrected chi connectivity index (χ0v) is 36.6. The van der Waals surface area contributed by atoms with Gasteiger partial charge < -0.3 is 28.3 Å². The Hall–Kier alpha value is -6.68. The molecule has 4 aliphatic heterocycles. The lowest BCUT2D eigenvalue weighted by Gasteiger charge is -2.32. The van der Waals surface area contributed by atoms with Gasteiger partial charge in [0, 0.05) is 41.1 Å². The SMILES string of the molecule is C[C@@H]1[C@@H]([Si](C)(C)F)[C@H](CCn2cc(C(CO)c3ccccc3)nn2)O[C@@]12C(=O)N(Cc1ccc(N3C(=O)COc4ccccc43)cc1)c1ccc(N3C(=O)COc4ccccc43)cc12. The van der Waals surface area contributed by atoms with Gasteiger partial charge >= 0.3 is 0 Å². The van der Waals surface area contributed by atoms with Gasteiger partial charge in [0.1, 0.15) is 11.5 Å². The van der Waals surface area contributed by atoms with Crippen molar-refractivity contribution in [3.63, 3.8) is 0 Å². The number of aliphatic hydroxyl groups is 1. The van der Waals surface area contributed by atoms with Crippen LogP contribution >= 0.6 is 0 Å². The number of aryl methyl sites for hydroxylation is 1. The van der Waals surface area contributed by atoms with Crippen LogP contribution in [0.1, 0.15) is 41.6 Å². The van der Waals surface area contributed by atoms with Crippen molar-refractivity contribution in [1.82, 2.24) is 15.0 Å². The summed E-state index contributed by atoms with van der Waals surface area (Å²) in [7, 11) is -3.55. The minimum atomic E-state index is -3.55. The number of carbonyl (C=O) groups is 3. The van der Waals surface area contributed by atoms with Crippen LogP contribution in [-0.2, 0) is 37.8 Å². The molecule has 13 nitrogen and oxygen atoms in total. The zero-order valence-electron chi connectivity index (χ0n) is 35.6. The van der Waals surface area contributed by atoms with E-state index in [0.717, 1.165) is 11.1 Å². The van der Waals surface area contributed by atoms with Gasteiger partial charge in [0.15, 0.2) is 18.8 Å². The molecule has 6 aromatic rings. The van der Waals surface area contributed by atoms with E-state index < -0.39 is 31.6 Å². The van der Waals surface area contributed by atoms with Crippen LogP contribution in [0.25, 0.3) is 0 Å². The Morgan fingerprint density at radius 3 is 2.05 bits per heavy atom. The van der Waals surface area contributed by atoms with Crippen molar-refractivity contribution in [1.29, 1.82) is 0 Å². The lowest BCUT2D eigenvalue weighted by atomic mass is 9.82. The van der Waals surface area contributed by atoms with E-state index in [1.807, 2.05) is 128 Å². The van der Waals surface area contributed by atoms with Crippen molar-refractivity contribution in [2.45, 2.75) is 62.7 Å². The molecule has 1 N–H and O–H groups in total. The van der Waals surface area contributed by atoms with Crippen LogP contribution in [0.2, 0.25) is 18.6 Å². The predicted molar refractivity (Wildman–Crippen MR) is 240 cm³/mol. The molecule has 64 heavy (non-hydrogen) atoms. The normalized spacial score (nSPS) is 22.0. The molecule has 5 aromatic carbocycles. The minimum absolute atomic E-state index is 0.0828. The van der Waals surface area contributed by atoms with Crippen LogP contribution in [0.4, 0.5) is 32.5 Å². The van der Waals surface area contributed by atoms with Crippen LogP contribution in [0.5, 0.6) is 11.5 Å². The number of carbonyl (C=O) groups excluding carboxylic acids is 3. The predicted octanol–water partition coefficient (Wildman–Crippen LogP) is 7.93. The summed E-state index contributed by atoms with van der Waals surface area (Å²) in [5.41, 5.74) is 3.73. The van der Waals surface area contributed by atoms with Gasteiger partial charge in [-0.15, -0.1) is 5.10 Å². The van der Waals surface area contributed by atoms with E-state index in [4.69, 9.17) is 14.2 Å². The highest BCUT2D eigenvalue weighted by Gasteiger charge is 2.66. The van der Waals surface area contributed by atoms with E-state index in [1.54, 1.807) is 38.7 Å². The van der Waals surface area contributed by atoms with E-state index in [-0.39, 0.29) is 50.0 Å². The molecule has 10 rings (SSSR count). The fraction of sp³-hybridized carbons (Fsp3) is 0.286. The maximum absolute atomic E-state index is 16.9. The van der Waals surface area contributed by atoms with Gasteiger partial charge in [-0.05, 0) is 85.2 Å². The van der Waals surface area contributed by atoms with Crippen LogP contribution < -0.4 is 24.2 Å². The number of amides is 3. The molecule has 0 radical (unpaired) electrons. The Balaban J connectivity index is 1.00. The number of ether oxygens (including phenoxy) is 3. The molecule has 5 heterocycles. The van der Waals surface area contributed by atoms with Gasteiger partial charge in [-0.1, -0.05) is 78.9 Å². The summed E-state index contributed by atoms with van der Waals surface area (Å²) in [6.45, 7) is 5.36. The second kappa shape index (κ2) is 16.1. The maximum atomic E-state index is 16.9. The fourth-order valence-electron chi connectivity index (χ4n) is 10.2. The topological polar surface area (TPSA) is 140 Å². The molecule has 4 aliphatic rings. The van der Waals surface area contributed by atoms with E-state index in [9.17, 15) is 14.7 Å². The zero-order chi connectivity index (χ0) is 44.3. The molecule has 1 spiro atoms. The van der Waals surface area contributed by atoms with Crippen LogP contribution in [0.3, 0.4) is 0 Å². The van der Waals surface area contributed by atoms with Crippen molar-refractivity contribution >= 4 is 54.6 Å². The molecular formula is C49H47FN6O7Si. The number of benzene rings is 5. The monoisotopic (exact) mass is 878 g/mol. The van der Waals surface area contributed by atoms with Crippen molar-refractivity contribution in [3.8, 4) is 11.5 Å². The fourth-order valence-corrected chi connectivity index (χ4v) is 12.7. The van der Waals surface area contributed by atoms with Gasteiger partial charge in [-0.25, -0.2) is 0 Å². The summed E-state index contributed by atoms with van der Waals surface area (Å²) in [6.07, 6.45) is 1.48. The Morgan fingerprint density at radius 1 is 0.797 bits per heavy atom. The molecule has 5 atom stereocenters. The lowest BCUT2D eigenvalue weighted by Crippen LogP contribution is -2.45. The molecule has 15 heteroatoms. The molecule has 1 unspecified atom stereocenters. The van der Waals surface area contributed by atoms with Gasteiger partial charge in [0.05, 0.1) is 47.9 Å². The van der Waals surface area contributed by atoms with Crippen molar-refractivity contribution in [2.24, 2.45) is 5.92 Å². The first-order chi connectivity index (χ1) is 31.0. The van der Waals surface area contributed by atoms with Crippen LogP contribution in [0, 0.1) is 5.92 Å². The summed E-state index contributed by atoms with van der Waals surface area (Å²) in [5, 5.41) is 19.1. The maximum Gasteiger partial charge on any atom is 0.269 e. The number of aromatic nitrogens is 3. The third kappa shape index (κ3) is 6.94. The lowest BCUT2D eigenvalue weighted by molar-refractivity contribution is -0.146. The van der Waals surface area contributed by atoms with E-state index in [1.165, 1.54) is 0 Å². The van der Waals surface area contributed by atoms with E-state index in [0.29, 0.717) is 64.2 Å². The highest BCUT2D eigenvalue weighted by molar-refractivity contribution is 6.72. The first-order valence-electron chi connectivity index (χ1n) is 21.5. The molecule has 1 fully saturated rings. The highest BCUT2D eigenvalue weighted by atomic mass is 28.4. The number of anilines is 5. The Labute approximate surface area is 370 Å². The van der Waals surface area contributed by atoms with Gasteiger partial charge in [0.2, 0.25) is 8.41 Å². The second-order valence-corrected chi connectivity index (χ2v) is 21.1. The molecular weight excluding hydrogens is 832 g/mol. The third-order valence-corrected chi connectivity index (χ3v) is 15.5. The Bertz CT molecular complexity index is 2760. The first-order valence-corrected chi connectivity index (χ1v) is 24.5. The Morgan fingerprint density at radius 2 is 1.41 bits per heavy atom. The summed E-state index contributed by atoms with van der Waals surface area (Å²) in [6, 6.07) is 37.3. The molecule has 1 saturated heterocycles. The van der Waals surface area contributed by atoms with Crippen molar-refractivity contribution in [2.75, 3.05) is 34.5 Å². The molecule has 1 aromatic heterocycles. The Kier molecular flexibility index (Phi) is 10.4. The third-order valence-electron chi connectivity index (χ3n) is 13.1. The number of rotatable bonds is 11. The highest BCUT2D eigenvalue weighted by Crippen LogP contribution is 2.61. The quantitative estimate of drug-likeness (QED) is 0.102. The van der Waals surface area contributed by atoms with Gasteiger partial charge in [-0.2, -0.15) is 0 Å². The van der Waals surface area contributed by atoms with Gasteiger partial charge in [-0.3, -0.25) is 28.9 Å². The van der Waals surface area contributed by atoms with Crippen LogP contribution in [-0.4, -0.2) is 72.2 Å². The average Bonchev–Trinajstić information content (AvgIpc) is 3.96.